The highest BCUT2D eigenvalue weighted by Gasteiger charge is 2.11. The van der Waals surface area contributed by atoms with Crippen LogP contribution in [0.1, 0.15) is 18.2 Å². The summed E-state index contributed by atoms with van der Waals surface area (Å²) < 4.78 is 20.6. The molecule has 2 aromatic rings. The van der Waals surface area contributed by atoms with Gasteiger partial charge in [0, 0.05) is 6.08 Å². The van der Waals surface area contributed by atoms with Crippen molar-refractivity contribution in [2.45, 2.75) is 13.5 Å². The number of nitrogens with one attached hydrogen (secondary N) is 1. The van der Waals surface area contributed by atoms with Gasteiger partial charge in [-0.05, 0) is 42.8 Å². The molecule has 0 aliphatic carbocycles. The Hall–Kier alpha value is -2.93. The molecule has 1 aromatic carbocycles. The van der Waals surface area contributed by atoms with Crippen LogP contribution in [0.25, 0.3) is 6.08 Å². The van der Waals surface area contributed by atoms with Crippen LogP contribution in [-0.2, 0) is 20.9 Å². The summed E-state index contributed by atoms with van der Waals surface area (Å²) in [5.74, 6) is 0.409. The van der Waals surface area contributed by atoms with Gasteiger partial charge in [0.25, 0.3) is 5.91 Å². The molecule has 0 atom stereocenters. The molecule has 0 saturated heterocycles. The number of hydrogen-bond donors (Lipinski definition) is 1. The van der Waals surface area contributed by atoms with E-state index in [-0.39, 0.29) is 6.54 Å². The third kappa shape index (κ3) is 6.38. The summed E-state index contributed by atoms with van der Waals surface area (Å²) in [6, 6.07) is 6.76. The minimum Gasteiger partial charge on any atom is -0.493 e. The maximum absolute atomic E-state index is 11.8. The van der Waals surface area contributed by atoms with Crippen molar-refractivity contribution >= 4 is 29.6 Å². The molecule has 1 amide bonds. The van der Waals surface area contributed by atoms with Crippen LogP contribution in [0.4, 0.5) is 0 Å². The van der Waals surface area contributed by atoms with E-state index in [1.165, 1.54) is 25.5 Å². The van der Waals surface area contributed by atoms with Gasteiger partial charge in [-0.15, -0.1) is 0 Å². The van der Waals surface area contributed by atoms with Gasteiger partial charge in [0.15, 0.2) is 18.1 Å². The summed E-state index contributed by atoms with van der Waals surface area (Å²) in [4.78, 5) is 23.4. The zero-order valence-corrected chi connectivity index (χ0v) is 15.7. The van der Waals surface area contributed by atoms with Crippen LogP contribution in [0, 0.1) is 0 Å². The fourth-order valence-electron chi connectivity index (χ4n) is 2.12. The van der Waals surface area contributed by atoms with Crippen molar-refractivity contribution in [3.63, 3.8) is 0 Å². The smallest absolute Gasteiger partial charge is 0.331 e. The van der Waals surface area contributed by atoms with Crippen molar-refractivity contribution < 1.29 is 28.2 Å². The Morgan fingerprint density at radius 1 is 1.33 bits per heavy atom. The lowest BCUT2D eigenvalue weighted by molar-refractivity contribution is -0.143. The van der Waals surface area contributed by atoms with Gasteiger partial charge in [-0.1, -0.05) is 11.6 Å². The second-order valence-electron chi connectivity index (χ2n) is 5.26. The fraction of sp³-hybridized carbons (Fsp3) is 0.263. The molecular formula is C19H20ClNO6. The average molecular weight is 394 g/mol. The van der Waals surface area contributed by atoms with E-state index in [9.17, 15) is 9.59 Å². The predicted molar refractivity (Wildman–Crippen MR) is 99.7 cm³/mol. The normalized spacial score (nSPS) is 10.6. The number of hydrogen-bond acceptors (Lipinski definition) is 6. The first-order valence-corrected chi connectivity index (χ1v) is 8.55. The Bertz CT molecular complexity index is 801. The summed E-state index contributed by atoms with van der Waals surface area (Å²) in [5.41, 5.74) is 0.625. The number of esters is 1. The van der Waals surface area contributed by atoms with E-state index in [2.05, 4.69) is 5.32 Å². The molecule has 0 aliphatic heterocycles. The molecule has 8 heteroatoms. The van der Waals surface area contributed by atoms with Gasteiger partial charge in [0.05, 0.1) is 31.5 Å². The predicted octanol–water partition coefficient (Wildman–Crippen LogP) is 3.21. The van der Waals surface area contributed by atoms with Crippen LogP contribution >= 0.6 is 11.6 Å². The van der Waals surface area contributed by atoms with Gasteiger partial charge in [-0.25, -0.2) is 4.79 Å². The first-order chi connectivity index (χ1) is 13.0. The molecule has 1 aromatic heterocycles. The van der Waals surface area contributed by atoms with E-state index >= 15 is 0 Å². The highest BCUT2D eigenvalue weighted by molar-refractivity contribution is 6.32. The van der Waals surface area contributed by atoms with Crippen LogP contribution in [0.15, 0.2) is 41.0 Å². The van der Waals surface area contributed by atoms with Gasteiger partial charge in [-0.3, -0.25) is 4.79 Å². The summed E-state index contributed by atoms with van der Waals surface area (Å²) in [7, 11) is 1.50. The van der Waals surface area contributed by atoms with Gasteiger partial charge in [-0.2, -0.15) is 0 Å². The lowest BCUT2D eigenvalue weighted by atomic mass is 10.2. The lowest BCUT2D eigenvalue weighted by Gasteiger charge is -2.11. The molecule has 27 heavy (non-hydrogen) atoms. The molecule has 1 N–H and O–H groups in total. The Labute approximate surface area is 161 Å². The molecule has 0 radical (unpaired) electrons. The van der Waals surface area contributed by atoms with Crippen LogP contribution < -0.4 is 14.8 Å². The van der Waals surface area contributed by atoms with E-state index in [1.54, 1.807) is 24.3 Å². The van der Waals surface area contributed by atoms with Gasteiger partial charge >= 0.3 is 5.97 Å². The SMILES string of the molecule is CCOc1c(Cl)cc(/C=C/C(=O)OCC(=O)NCc2ccco2)cc1OC. The second kappa shape index (κ2) is 10.3. The van der Waals surface area contributed by atoms with Gasteiger partial charge < -0.3 is 23.9 Å². The monoisotopic (exact) mass is 393 g/mol. The number of rotatable bonds is 9. The van der Waals surface area contributed by atoms with Crippen molar-refractivity contribution in [2.75, 3.05) is 20.3 Å². The third-order valence-electron chi connectivity index (χ3n) is 3.34. The Balaban J connectivity index is 1.86. The van der Waals surface area contributed by atoms with Crippen LogP contribution in [-0.4, -0.2) is 32.2 Å². The van der Waals surface area contributed by atoms with Crippen LogP contribution in [0.3, 0.4) is 0 Å². The number of benzene rings is 1. The van der Waals surface area contributed by atoms with Crippen molar-refractivity contribution in [3.05, 3.63) is 53.0 Å². The number of amides is 1. The zero-order chi connectivity index (χ0) is 19.6. The van der Waals surface area contributed by atoms with Crippen LogP contribution in [0.5, 0.6) is 11.5 Å². The molecule has 0 aliphatic rings. The molecule has 144 valence electrons. The highest BCUT2D eigenvalue weighted by atomic mass is 35.5. The van der Waals surface area contributed by atoms with Crippen molar-refractivity contribution in [1.82, 2.24) is 5.32 Å². The molecule has 0 saturated carbocycles. The van der Waals surface area contributed by atoms with Gasteiger partial charge in [0.2, 0.25) is 0 Å². The first kappa shape index (κ1) is 20.4. The zero-order valence-electron chi connectivity index (χ0n) is 15.0. The molecule has 2 rings (SSSR count). The molecule has 0 spiro atoms. The topological polar surface area (TPSA) is 87.0 Å². The summed E-state index contributed by atoms with van der Waals surface area (Å²) in [5, 5.41) is 2.94. The second-order valence-corrected chi connectivity index (χ2v) is 5.67. The molecular weight excluding hydrogens is 374 g/mol. The van der Waals surface area contributed by atoms with E-state index in [1.807, 2.05) is 6.92 Å². The number of methoxy groups -OCH3 is 1. The molecule has 0 unspecified atom stereocenters. The fourth-order valence-corrected chi connectivity index (χ4v) is 2.39. The maximum atomic E-state index is 11.8. The van der Waals surface area contributed by atoms with E-state index in [0.717, 1.165) is 0 Å². The molecule has 0 bridgehead atoms. The average Bonchev–Trinajstić information content (AvgIpc) is 3.18. The highest BCUT2D eigenvalue weighted by Crippen LogP contribution is 2.36. The quantitative estimate of drug-likeness (QED) is 0.520. The lowest BCUT2D eigenvalue weighted by Crippen LogP contribution is -2.27. The Morgan fingerprint density at radius 3 is 2.81 bits per heavy atom. The van der Waals surface area contributed by atoms with E-state index in [0.29, 0.717) is 34.5 Å². The number of carbonyl (C=O) groups is 2. The van der Waals surface area contributed by atoms with Crippen molar-refractivity contribution in [1.29, 1.82) is 0 Å². The standard InChI is InChI=1S/C19H20ClNO6/c1-3-25-19-15(20)9-13(10-16(19)24-2)6-7-18(23)27-12-17(22)21-11-14-5-4-8-26-14/h4-10H,3,11-12H2,1-2H3,(H,21,22)/b7-6+. The minimum absolute atomic E-state index is 0.226. The summed E-state index contributed by atoms with van der Waals surface area (Å²) in [6.07, 6.45) is 4.22. The number of halogens is 1. The summed E-state index contributed by atoms with van der Waals surface area (Å²) in [6.45, 7) is 2.12. The Kier molecular flexibility index (Phi) is 7.76. The summed E-state index contributed by atoms with van der Waals surface area (Å²) >= 11 is 6.17. The molecule has 1 heterocycles. The van der Waals surface area contributed by atoms with Crippen LogP contribution in [0.2, 0.25) is 5.02 Å². The third-order valence-corrected chi connectivity index (χ3v) is 3.62. The number of ether oxygens (including phenoxy) is 3. The molecule has 0 fully saturated rings. The first-order valence-electron chi connectivity index (χ1n) is 8.17. The van der Waals surface area contributed by atoms with Crippen molar-refractivity contribution in [2.24, 2.45) is 0 Å². The molecule has 7 nitrogen and oxygen atoms in total. The number of furan rings is 1. The van der Waals surface area contributed by atoms with E-state index in [4.69, 9.17) is 30.2 Å². The number of carbonyl (C=O) groups excluding carboxylic acids is 2. The minimum atomic E-state index is -0.660. The largest absolute Gasteiger partial charge is 0.493 e. The van der Waals surface area contributed by atoms with Crippen molar-refractivity contribution in [3.8, 4) is 11.5 Å². The maximum Gasteiger partial charge on any atom is 0.331 e. The Morgan fingerprint density at radius 2 is 2.15 bits per heavy atom. The van der Waals surface area contributed by atoms with Gasteiger partial charge in [0.1, 0.15) is 5.76 Å². The van der Waals surface area contributed by atoms with E-state index < -0.39 is 18.5 Å².